The summed E-state index contributed by atoms with van der Waals surface area (Å²) in [6.07, 6.45) is 3.21. The minimum Gasteiger partial charge on any atom is -0.380 e. The van der Waals surface area contributed by atoms with Crippen LogP contribution in [0.1, 0.15) is 6.92 Å². The van der Waals surface area contributed by atoms with Crippen molar-refractivity contribution < 1.29 is 14.3 Å². The average molecular weight is 427 g/mol. The van der Waals surface area contributed by atoms with Gasteiger partial charge in [-0.3, -0.25) is 5.32 Å². The number of nitrogens with one attached hydrogen (secondary N) is 2. The second-order valence-electron chi connectivity index (χ2n) is 7.99. The lowest BCUT2D eigenvalue weighted by Crippen LogP contribution is -2.66. The van der Waals surface area contributed by atoms with Gasteiger partial charge in [-0.1, -0.05) is 0 Å². The van der Waals surface area contributed by atoms with Crippen LogP contribution in [0.25, 0.3) is 11.4 Å². The topological polar surface area (TPSA) is 131 Å². The third-order valence-corrected chi connectivity index (χ3v) is 5.53. The molecular formula is C19H25N9O3. The van der Waals surface area contributed by atoms with Gasteiger partial charge in [0.05, 0.1) is 37.4 Å². The Balaban J connectivity index is 1.40. The number of rotatable bonds is 5. The Hall–Kier alpha value is -3.12. The fraction of sp³-hybridized carbons (Fsp3) is 0.579. The third-order valence-electron chi connectivity index (χ3n) is 5.53. The van der Waals surface area contributed by atoms with E-state index in [1.165, 1.54) is 0 Å². The Morgan fingerprint density at radius 2 is 1.71 bits per heavy atom. The number of urea groups is 1. The molecule has 0 aromatic carbocycles. The molecule has 2 aromatic heterocycles. The number of hydrogen-bond donors (Lipinski definition) is 2. The van der Waals surface area contributed by atoms with Crippen LogP contribution in [-0.4, -0.2) is 90.1 Å². The number of anilines is 3. The van der Waals surface area contributed by atoms with Crippen LogP contribution in [0.5, 0.6) is 0 Å². The molecule has 3 saturated heterocycles. The first-order valence-electron chi connectivity index (χ1n) is 10.4. The van der Waals surface area contributed by atoms with Crippen molar-refractivity contribution in [2.45, 2.75) is 6.92 Å². The van der Waals surface area contributed by atoms with Crippen molar-refractivity contribution in [3.8, 4) is 11.4 Å². The summed E-state index contributed by atoms with van der Waals surface area (Å²) in [5, 5.41) is 5.23. The number of amides is 2. The lowest BCUT2D eigenvalue weighted by Gasteiger charge is -2.54. The molecule has 2 amide bonds. The van der Waals surface area contributed by atoms with Crippen LogP contribution in [-0.2, 0) is 9.47 Å². The molecule has 0 aliphatic carbocycles. The summed E-state index contributed by atoms with van der Waals surface area (Å²) in [4.78, 5) is 38.5. The molecule has 2 aromatic rings. The van der Waals surface area contributed by atoms with Crippen molar-refractivity contribution in [3.05, 3.63) is 12.4 Å². The Morgan fingerprint density at radius 1 is 1.03 bits per heavy atom. The number of ether oxygens (including phenoxy) is 2. The Labute approximate surface area is 179 Å². The second-order valence-corrected chi connectivity index (χ2v) is 7.99. The van der Waals surface area contributed by atoms with E-state index in [4.69, 9.17) is 14.5 Å². The van der Waals surface area contributed by atoms with E-state index in [0.29, 0.717) is 43.0 Å². The van der Waals surface area contributed by atoms with Gasteiger partial charge in [0.2, 0.25) is 17.8 Å². The van der Waals surface area contributed by atoms with Crippen LogP contribution in [0.4, 0.5) is 22.6 Å². The molecule has 0 bridgehead atoms. The summed E-state index contributed by atoms with van der Waals surface area (Å²) in [5.41, 5.74) is 0.906. The molecule has 2 N–H and O–H groups in total. The first-order chi connectivity index (χ1) is 15.1. The van der Waals surface area contributed by atoms with Gasteiger partial charge in [-0.15, -0.1) is 0 Å². The average Bonchev–Trinajstić information content (AvgIpc) is 2.73. The van der Waals surface area contributed by atoms with Crippen LogP contribution in [0.2, 0.25) is 0 Å². The molecule has 3 fully saturated rings. The minimum absolute atomic E-state index is 0.215. The molecule has 164 valence electrons. The van der Waals surface area contributed by atoms with Crippen molar-refractivity contribution >= 4 is 23.9 Å². The predicted molar refractivity (Wildman–Crippen MR) is 112 cm³/mol. The summed E-state index contributed by atoms with van der Waals surface area (Å²) < 4.78 is 10.8. The van der Waals surface area contributed by atoms with E-state index in [0.717, 1.165) is 39.4 Å². The van der Waals surface area contributed by atoms with Gasteiger partial charge in [-0.2, -0.15) is 15.0 Å². The van der Waals surface area contributed by atoms with E-state index in [1.54, 1.807) is 12.4 Å². The Kier molecular flexibility index (Phi) is 5.24. The Bertz CT molecular complexity index is 937. The summed E-state index contributed by atoms with van der Waals surface area (Å²) >= 11 is 0. The molecule has 31 heavy (non-hydrogen) atoms. The zero-order valence-electron chi connectivity index (χ0n) is 17.4. The van der Waals surface area contributed by atoms with Crippen LogP contribution in [0.3, 0.4) is 0 Å². The van der Waals surface area contributed by atoms with Gasteiger partial charge >= 0.3 is 6.03 Å². The molecule has 5 heterocycles. The molecule has 0 atom stereocenters. The van der Waals surface area contributed by atoms with Crippen molar-refractivity contribution in [1.29, 1.82) is 0 Å². The number of nitrogens with zero attached hydrogens (tertiary/aromatic N) is 7. The van der Waals surface area contributed by atoms with Gasteiger partial charge in [-0.05, 0) is 6.92 Å². The molecule has 0 saturated carbocycles. The second kappa shape index (κ2) is 8.19. The highest BCUT2D eigenvalue weighted by Gasteiger charge is 2.50. The summed E-state index contributed by atoms with van der Waals surface area (Å²) in [6.45, 7) is 8.46. The van der Waals surface area contributed by atoms with Crippen molar-refractivity contribution in [3.63, 3.8) is 0 Å². The first kappa shape index (κ1) is 19.8. The highest BCUT2D eigenvalue weighted by Crippen LogP contribution is 2.39. The highest BCUT2D eigenvalue weighted by molar-refractivity contribution is 5.87. The molecule has 3 aliphatic rings. The normalized spacial score (nSPS) is 19.5. The van der Waals surface area contributed by atoms with Crippen LogP contribution in [0, 0.1) is 5.41 Å². The number of morpholine rings is 1. The van der Waals surface area contributed by atoms with Crippen LogP contribution >= 0.6 is 0 Å². The molecular weight excluding hydrogens is 402 g/mol. The van der Waals surface area contributed by atoms with Crippen molar-refractivity contribution in [2.24, 2.45) is 5.41 Å². The monoisotopic (exact) mass is 427 g/mol. The summed E-state index contributed by atoms with van der Waals surface area (Å²) in [5.74, 6) is 1.99. The fourth-order valence-corrected chi connectivity index (χ4v) is 3.82. The zero-order valence-corrected chi connectivity index (χ0v) is 17.4. The van der Waals surface area contributed by atoms with E-state index in [-0.39, 0.29) is 17.4 Å². The van der Waals surface area contributed by atoms with E-state index < -0.39 is 0 Å². The minimum atomic E-state index is -0.348. The zero-order chi connectivity index (χ0) is 21.3. The molecule has 0 radical (unpaired) electrons. The molecule has 1 spiro atoms. The first-order valence-corrected chi connectivity index (χ1v) is 10.4. The SMILES string of the molecule is CCNC(=O)Nc1ncc(-c2nc(N3CCOCC3)nc(N3CC4(COC4)C3)n2)cn1. The molecule has 3 aliphatic heterocycles. The molecule has 5 rings (SSSR count). The maximum absolute atomic E-state index is 11.7. The summed E-state index contributed by atoms with van der Waals surface area (Å²) in [7, 11) is 0. The standard InChI is InChI=1S/C19H25N9O3/c1-2-20-18(29)25-15-21-7-13(8-22-15)14-23-16(27-3-5-30-6-4-27)26-17(24-14)28-9-19(10-28)11-31-12-19/h7-8H,2-6,9-12H2,1H3,(H2,20,21,22,25,29). The third kappa shape index (κ3) is 4.08. The van der Waals surface area contributed by atoms with Crippen LogP contribution < -0.4 is 20.4 Å². The number of aromatic nitrogens is 5. The summed E-state index contributed by atoms with van der Waals surface area (Å²) in [6, 6.07) is -0.348. The van der Waals surface area contributed by atoms with Gasteiger partial charge in [-0.25, -0.2) is 14.8 Å². The van der Waals surface area contributed by atoms with E-state index in [1.807, 2.05) is 6.92 Å². The van der Waals surface area contributed by atoms with Gasteiger partial charge in [0.1, 0.15) is 0 Å². The van der Waals surface area contributed by atoms with Gasteiger partial charge in [0.15, 0.2) is 5.82 Å². The predicted octanol–water partition coefficient (Wildman–Crippen LogP) is 0.143. The van der Waals surface area contributed by atoms with Crippen molar-refractivity contribution in [2.75, 3.05) is 74.3 Å². The van der Waals surface area contributed by atoms with Gasteiger partial charge < -0.3 is 24.6 Å². The molecule has 12 nitrogen and oxygen atoms in total. The van der Waals surface area contributed by atoms with Crippen LogP contribution in [0.15, 0.2) is 12.4 Å². The van der Waals surface area contributed by atoms with Gasteiger partial charge in [0.25, 0.3) is 0 Å². The highest BCUT2D eigenvalue weighted by atomic mass is 16.5. The molecule has 12 heteroatoms. The Morgan fingerprint density at radius 3 is 2.32 bits per heavy atom. The number of carbonyl (C=O) groups excluding carboxylic acids is 1. The number of hydrogen-bond acceptors (Lipinski definition) is 10. The fourth-order valence-electron chi connectivity index (χ4n) is 3.82. The van der Waals surface area contributed by atoms with E-state index >= 15 is 0 Å². The maximum atomic E-state index is 11.7. The van der Waals surface area contributed by atoms with Gasteiger partial charge in [0, 0.05) is 45.1 Å². The van der Waals surface area contributed by atoms with Crippen molar-refractivity contribution in [1.82, 2.24) is 30.2 Å². The van der Waals surface area contributed by atoms with E-state index in [2.05, 4.69) is 40.4 Å². The lowest BCUT2D eigenvalue weighted by molar-refractivity contribution is -0.127. The lowest BCUT2D eigenvalue weighted by atomic mass is 9.78. The quantitative estimate of drug-likeness (QED) is 0.679. The number of carbonyl (C=O) groups is 1. The molecule has 0 unspecified atom stereocenters. The largest absolute Gasteiger partial charge is 0.380 e. The van der Waals surface area contributed by atoms with E-state index in [9.17, 15) is 4.79 Å². The maximum Gasteiger partial charge on any atom is 0.321 e. The smallest absolute Gasteiger partial charge is 0.321 e.